The van der Waals surface area contributed by atoms with E-state index in [9.17, 15) is 17.2 Å². The van der Waals surface area contributed by atoms with Crippen molar-refractivity contribution in [2.45, 2.75) is 24.3 Å². The third kappa shape index (κ3) is 3.59. The SMILES string of the molecule is O=S(=O)(c1cc(F)cc(F)c1)N1CCC(Cn2cccn2)CC1. The van der Waals surface area contributed by atoms with Gasteiger partial charge in [-0.2, -0.15) is 9.40 Å². The van der Waals surface area contributed by atoms with Crippen molar-refractivity contribution in [2.75, 3.05) is 13.1 Å². The second-order valence-electron chi connectivity index (χ2n) is 5.68. The normalized spacial score (nSPS) is 17.5. The molecule has 1 fully saturated rings. The number of rotatable bonds is 4. The summed E-state index contributed by atoms with van der Waals surface area (Å²) in [4.78, 5) is -0.333. The maximum atomic E-state index is 13.3. The second-order valence-corrected chi connectivity index (χ2v) is 7.62. The summed E-state index contributed by atoms with van der Waals surface area (Å²) in [6.45, 7) is 1.42. The lowest BCUT2D eigenvalue weighted by Crippen LogP contribution is -2.39. The number of benzene rings is 1. The molecule has 1 aliphatic rings. The monoisotopic (exact) mass is 341 g/mol. The van der Waals surface area contributed by atoms with Crippen molar-refractivity contribution in [1.82, 2.24) is 14.1 Å². The van der Waals surface area contributed by atoms with E-state index in [0.717, 1.165) is 18.7 Å². The molecule has 0 aliphatic carbocycles. The molecule has 0 radical (unpaired) electrons. The number of sulfonamides is 1. The number of aromatic nitrogens is 2. The van der Waals surface area contributed by atoms with Gasteiger partial charge < -0.3 is 0 Å². The smallest absolute Gasteiger partial charge is 0.243 e. The van der Waals surface area contributed by atoms with Crippen LogP contribution in [0.15, 0.2) is 41.6 Å². The molecule has 2 aromatic rings. The fourth-order valence-electron chi connectivity index (χ4n) is 2.83. The van der Waals surface area contributed by atoms with Crippen molar-refractivity contribution in [3.63, 3.8) is 0 Å². The molecule has 3 rings (SSSR count). The lowest BCUT2D eigenvalue weighted by atomic mass is 9.98. The zero-order valence-corrected chi connectivity index (χ0v) is 13.2. The molecule has 1 saturated heterocycles. The van der Waals surface area contributed by atoms with Gasteiger partial charge in [-0.1, -0.05) is 0 Å². The first-order valence-corrected chi connectivity index (χ1v) is 8.83. The second kappa shape index (κ2) is 6.37. The van der Waals surface area contributed by atoms with Crippen molar-refractivity contribution in [2.24, 2.45) is 5.92 Å². The van der Waals surface area contributed by atoms with E-state index in [0.29, 0.717) is 37.9 Å². The van der Waals surface area contributed by atoms with Gasteiger partial charge in [-0.25, -0.2) is 17.2 Å². The highest BCUT2D eigenvalue weighted by molar-refractivity contribution is 7.89. The summed E-state index contributed by atoms with van der Waals surface area (Å²) < 4.78 is 54.6. The Labute approximate surface area is 133 Å². The molecule has 0 saturated carbocycles. The molecule has 0 spiro atoms. The van der Waals surface area contributed by atoms with E-state index in [1.54, 1.807) is 6.20 Å². The van der Waals surface area contributed by atoms with Crippen molar-refractivity contribution >= 4 is 10.0 Å². The predicted molar refractivity (Wildman–Crippen MR) is 80.1 cm³/mol. The Morgan fingerprint density at radius 3 is 2.35 bits per heavy atom. The Kier molecular flexibility index (Phi) is 4.45. The minimum absolute atomic E-state index is 0.333. The van der Waals surface area contributed by atoms with Crippen LogP contribution in [-0.2, 0) is 16.6 Å². The number of piperidine rings is 1. The van der Waals surface area contributed by atoms with Gasteiger partial charge in [-0.3, -0.25) is 4.68 Å². The van der Waals surface area contributed by atoms with Gasteiger partial charge in [0.2, 0.25) is 10.0 Å². The first-order chi connectivity index (χ1) is 10.9. The lowest BCUT2D eigenvalue weighted by Gasteiger charge is -2.31. The first kappa shape index (κ1) is 16.1. The Balaban J connectivity index is 1.68. The van der Waals surface area contributed by atoms with E-state index in [2.05, 4.69) is 5.10 Å². The maximum Gasteiger partial charge on any atom is 0.243 e. The number of nitrogens with zero attached hydrogens (tertiary/aromatic N) is 3. The minimum Gasteiger partial charge on any atom is -0.272 e. The van der Waals surface area contributed by atoms with Crippen molar-refractivity contribution < 1.29 is 17.2 Å². The van der Waals surface area contributed by atoms with E-state index in [1.165, 1.54) is 4.31 Å². The predicted octanol–water partition coefficient (Wildman–Crippen LogP) is 2.26. The Hall–Kier alpha value is -1.80. The fraction of sp³-hybridized carbons (Fsp3) is 0.400. The van der Waals surface area contributed by atoms with Crippen LogP contribution in [0.2, 0.25) is 0 Å². The molecule has 0 N–H and O–H groups in total. The molecule has 0 atom stereocenters. The Bertz CT molecular complexity index is 750. The van der Waals surface area contributed by atoms with Crippen LogP contribution in [0.3, 0.4) is 0 Å². The topological polar surface area (TPSA) is 55.2 Å². The average molecular weight is 341 g/mol. The Morgan fingerprint density at radius 2 is 1.78 bits per heavy atom. The van der Waals surface area contributed by atoms with E-state index in [4.69, 9.17) is 0 Å². The summed E-state index contributed by atoms with van der Waals surface area (Å²) in [7, 11) is -3.86. The van der Waals surface area contributed by atoms with Gasteiger partial charge in [0.1, 0.15) is 11.6 Å². The third-order valence-electron chi connectivity index (χ3n) is 4.05. The number of hydrogen-bond donors (Lipinski definition) is 0. The summed E-state index contributed by atoms with van der Waals surface area (Å²) in [6.07, 6.45) is 4.96. The molecule has 2 heterocycles. The molecular weight excluding hydrogens is 324 g/mol. The van der Waals surface area contributed by atoms with Crippen LogP contribution in [0.25, 0.3) is 0 Å². The molecule has 0 amide bonds. The van der Waals surface area contributed by atoms with Crippen LogP contribution in [0.5, 0.6) is 0 Å². The molecule has 0 bridgehead atoms. The molecule has 1 aromatic carbocycles. The van der Waals surface area contributed by atoms with Crippen molar-refractivity contribution in [3.05, 3.63) is 48.3 Å². The van der Waals surface area contributed by atoms with Crippen LogP contribution in [-0.4, -0.2) is 35.6 Å². The van der Waals surface area contributed by atoms with E-state index < -0.39 is 21.7 Å². The molecule has 0 unspecified atom stereocenters. The standard InChI is InChI=1S/C15H17F2N3O2S/c16-13-8-14(17)10-15(9-13)23(21,22)20-6-2-12(3-7-20)11-19-5-1-4-18-19/h1,4-5,8-10,12H,2-3,6-7,11H2. The molecule has 1 aliphatic heterocycles. The molecular formula is C15H17F2N3O2S. The lowest BCUT2D eigenvalue weighted by molar-refractivity contribution is 0.247. The van der Waals surface area contributed by atoms with Crippen LogP contribution < -0.4 is 0 Å². The highest BCUT2D eigenvalue weighted by Crippen LogP contribution is 2.25. The number of hydrogen-bond acceptors (Lipinski definition) is 3. The highest BCUT2D eigenvalue weighted by Gasteiger charge is 2.30. The summed E-state index contributed by atoms with van der Waals surface area (Å²) in [5.41, 5.74) is 0. The largest absolute Gasteiger partial charge is 0.272 e. The molecule has 124 valence electrons. The van der Waals surface area contributed by atoms with Gasteiger partial charge in [0, 0.05) is 38.1 Å². The van der Waals surface area contributed by atoms with E-state index in [1.807, 2.05) is 16.9 Å². The van der Waals surface area contributed by atoms with Gasteiger partial charge in [-0.15, -0.1) is 0 Å². The highest BCUT2D eigenvalue weighted by atomic mass is 32.2. The average Bonchev–Trinajstić information content (AvgIpc) is 3.00. The molecule has 5 nitrogen and oxygen atoms in total. The summed E-state index contributed by atoms with van der Waals surface area (Å²) in [5, 5.41) is 4.15. The molecule has 1 aromatic heterocycles. The van der Waals surface area contributed by atoms with Gasteiger partial charge in [0.05, 0.1) is 4.90 Å². The first-order valence-electron chi connectivity index (χ1n) is 7.39. The maximum absolute atomic E-state index is 13.3. The Morgan fingerprint density at radius 1 is 1.13 bits per heavy atom. The van der Waals surface area contributed by atoms with Crippen molar-refractivity contribution in [1.29, 1.82) is 0 Å². The fourth-order valence-corrected chi connectivity index (χ4v) is 4.34. The zero-order chi connectivity index (χ0) is 16.4. The van der Waals surface area contributed by atoms with Crippen LogP contribution >= 0.6 is 0 Å². The van der Waals surface area contributed by atoms with Crippen molar-refractivity contribution in [3.8, 4) is 0 Å². The minimum atomic E-state index is -3.86. The quantitative estimate of drug-likeness (QED) is 0.857. The summed E-state index contributed by atoms with van der Waals surface area (Å²) in [5.74, 6) is -1.44. The summed E-state index contributed by atoms with van der Waals surface area (Å²) in [6, 6.07) is 4.22. The van der Waals surface area contributed by atoms with Crippen LogP contribution in [0, 0.1) is 17.6 Å². The number of halogens is 2. The molecule has 23 heavy (non-hydrogen) atoms. The van der Waals surface area contributed by atoms with E-state index >= 15 is 0 Å². The van der Waals surface area contributed by atoms with Gasteiger partial charge >= 0.3 is 0 Å². The van der Waals surface area contributed by atoms with E-state index in [-0.39, 0.29) is 4.90 Å². The zero-order valence-electron chi connectivity index (χ0n) is 12.4. The van der Waals surface area contributed by atoms with Gasteiger partial charge in [-0.05, 0) is 37.0 Å². The van der Waals surface area contributed by atoms with Gasteiger partial charge in [0.15, 0.2) is 0 Å². The third-order valence-corrected chi connectivity index (χ3v) is 5.93. The van der Waals surface area contributed by atoms with Crippen LogP contribution in [0.4, 0.5) is 8.78 Å². The van der Waals surface area contributed by atoms with Gasteiger partial charge in [0.25, 0.3) is 0 Å². The molecule has 8 heteroatoms. The summed E-state index contributed by atoms with van der Waals surface area (Å²) >= 11 is 0. The van der Waals surface area contributed by atoms with Crippen LogP contribution in [0.1, 0.15) is 12.8 Å².